The monoisotopic (exact) mass is 238 g/mol. The molecule has 84 valence electrons. The summed E-state index contributed by atoms with van der Waals surface area (Å²) in [6, 6.07) is 8.79. The van der Waals surface area contributed by atoms with E-state index < -0.39 is 6.10 Å². The fraction of sp³-hybridized carbons (Fsp3) is 0.167. The Balaban J connectivity index is 2.27. The van der Waals surface area contributed by atoms with Gasteiger partial charge in [-0.05, 0) is 35.4 Å². The number of furan rings is 1. The van der Waals surface area contributed by atoms with Gasteiger partial charge in [0.25, 0.3) is 0 Å². The van der Waals surface area contributed by atoms with Gasteiger partial charge < -0.3 is 14.3 Å². The Labute approximate surface area is 98.2 Å². The first-order valence-electron chi connectivity index (χ1n) is 4.77. The fourth-order valence-electron chi connectivity index (χ4n) is 1.47. The van der Waals surface area contributed by atoms with Gasteiger partial charge >= 0.3 is 0 Å². The number of methoxy groups -OCH3 is 1. The normalized spacial score (nSPS) is 12.4. The average Bonchev–Trinajstić information content (AvgIpc) is 2.75. The summed E-state index contributed by atoms with van der Waals surface area (Å²) in [5.41, 5.74) is 1.30. The van der Waals surface area contributed by atoms with Crippen LogP contribution in [0.2, 0.25) is 5.22 Å². The number of aliphatic hydroxyl groups excluding tert-OH is 1. The molecule has 2 aromatic rings. The molecule has 0 spiro atoms. The first-order chi connectivity index (χ1) is 7.72. The third kappa shape index (κ3) is 2.05. The summed E-state index contributed by atoms with van der Waals surface area (Å²) >= 11 is 5.79. The Bertz CT molecular complexity index is 461. The van der Waals surface area contributed by atoms with Crippen molar-refractivity contribution in [2.75, 3.05) is 7.11 Å². The van der Waals surface area contributed by atoms with Crippen LogP contribution in [0.5, 0.6) is 5.75 Å². The van der Waals surface area contributed by atoms with Gasteiger partial charge in [0.1, 0.15) is 11.9 Å². The van der Waals surface area contributed by atoms with Crippen LogP contribution in [0.1, 0.15) is 17.2 Å². The Morgan fingerprint density at radius 3 is 2.44 bits per heavy atom. The lowest BCUT2D eigenvalue weighted by atomic mass is 10.0. The zero-order chi connectivity index (χ0) is 11.5. The first-order valence-corrected chi connectivity index (χ1v) is 5.15. The molecule has 3 nitrogen and oxygen atoms in total. The minimum atomic E-state index is -0.780. The van der Waals surface area contributed by atoms with Crippen LogP contribution in [0.3, 0.4) is 0 Å². The molecule has 4 heteroatoms. The number of hydrogen-bond donors (Lipinski definition) is 1. The second kappa shape index (κ2) is 4.60. The van der Waals surface area contributed by atoms with Gasteiger partial charge in [0.15, 0.2) is 5.22 Å². The molecule has 1 unspecified atom stereocenters. The van der Waals surface area contributed by atoms with E-state index in [4.69, 9.17) is 20.8 Å². The second-order valence-electron chi connectivity index (χ2n) is 3.33. The van der Waals surface area contributed by atoms with E-state index in [0.29, 0.717) is 5.56 Å². The summed E-state index contributed by atoms with van der Waals surface area (Å²) in [5.74, 6) is 0.745. The van der Waals surface area contributed by atoms with Crippen LogP contribution < -0.4 is 4.74 Å². The van der Waals surface area contributed by atoms with Gasteiger partial charge in [0.2, 0.25) is 0 Å². The van der Waals surface area contributed by atoms with Crippen LogP contribution in [0.15, 0.2) is 41.0 Å². The van der Waals surface area contributed by atoms with Gasteiger partial charge in [-0.15, -0.1) is 0 Å². The van der Waals surface area contributed by atoms with Crippen molar-refractivity contribution in [2.24, 2.45) is 0 Å². The Morgan fingerprint density at radius 2 is 1.94 bits per heavy atom. The number of halogens is 1. The lowest BCUT2D eigenvalue weighted by molar-refractivity contribution is 0.219. The van der Waals surface area contributed by atoms with E-state index in [1.807, 2.05) is 0 Å². The number of hydrogen-bond acceptors (Lipinski definition) is 3. The lowest BCUT2D eigenvalue weighted by Gasteiger charge is -2.09. The molecule has 1 heterocycles. The molecule has 1 aromatic carbocycles. The Morgan fingerprint density at radius 1 is 1.25 bits per heavy atom. The van der Waals surface area contributed by atoms with Crippen molar-refractivity contribution >= 4 is 11.6 Å². The van der Waals surface area contributed by atoms with Crippen molar-refractivity contribution in [3.05, 3.63) is 52.9 Å². The molecule has 0 aliphatic rings. The highest BCUT2D eigenvalue weighted by atomic mass is 35.5. The molecule has 0 fully saturated rings. The molecule has 1 aromatic heterocycles. The Hall–Kier alpha value is -1.45. The third-order valence-corrected chi connectivity index (χ3v) is 2.68. The van der Waals surface area contributed by atoms with E-state index in [2.05, 4.69) is 0 Å². The number of rotatable bonds is 3. The van der Waals surface area contributed by atoms with Gasteiger partial charge in [0.05, 0.1) is 13.4 Å². The standard InChI is InChI=1S/C12H11ClO3/c1-15-9-4-2-8(3-5-9)11(14)10-6-7-16-12(10)13/h2-7,11,14H,1H3. The van der Waals surface area contributed by atoms with Crippen molar-refractivity contribution in [1.29, 1.82) is 0 Å². The van der Waals surface area contributed by atoms with E-state index >= 15 is 0 Å². The van der Waals surface area contributed by atoms with Crippen molar-refractivity contribution in [2.45, 2.75) is 6.10 Å². The van der Waals surface area contributed by atoms with Crippen LogP contribution in [0.4, 0.5) is 0 Å². The summed E-state index contributed by atoms with van der Waals surface area (Å²) in [6.07, 6.45) is 0.668. The van der Waals surface area contributed by atoms with Crippen LogP contribution in [-0.4, -0.2) is 12.2 Å². The molecule has 0 saturated carbocycles. The number of aliphatic hydroxyl groups is 1. The molecule has 1 atom stereocenters. The highest BCUT2D eigenvalue weighted by molar-refractivity contribution is 6.29. The zero-order valence-corrected chi connectivity index (χ0v) is 9.44. The van der Waals surface area contributed by atoms with Crippen LogP contribution in [0, 0.1) is 0 Å². The maximum absolute atomic E-state index is 10.0. The summed E-state index contributed by atoms with van der Waals surface area (Å²) in [4.78, 5) is 0. The molecule has 0 amide bonds. The number of benzene rings is 1. The Kier molecular flexibility index (Phi) is 3.17. The van der Waals surface area contributed by atoms with E-state index in [1.165, 1.54) is 6.26 Å². The zero-order valence-electron chi connectivity index (χ0n) is 8.68. The maximum Gasteiger partial charge on any atom is 0.199 e. The average molecular weight is 239 g/mol. The van der Waals surface area contributed by atoms with Crippen molar-refractivity contribution in [3.63, 3.8) is 0 Å². The molecule has 1 N–H and O–H groups in total. The minimum absolute atomic E-state index is 0.211. The summed E-state index contributed by atoms with van der Waals surface area (Å²) in [7, 11) is 1.60. The molecule has 2 rings (SSSR count). The first kappa shape index (κ1) is 11.0. The topological polar surface area (TPSA) is 42.6 Å². The molecule has 0 radical (unpaired) electrons. The lowest BCUT2D eigenvalue weighted by Crippen LogP contribution is -1.98. The van der Waals surface area contributed by atoms with E-state index in [1.54, 1.807) is 37.4 Å². The summed E-state index contributed by atoms with van der Waals surface area (Å²) in [6.45, 7) is 0. The van der Waals surface area contributed by atoms with Gasteiger partial charge in [-0.1, -0.05) is 12.1 Å². The van der Waals surface area contributed by atoms with Gasteiger partial charge in [0, 0.05) is 5.56 Å². The molecular formula is C12H11ClO3. The van der Waals surface area contributed by atoms with Gasteiger partial charge in [-0.2, -0.15) is 0 Å². The quantitative estimate of drug-likeness (QED) is 0.894. The maximum atomic E-state index is 10.0. The summed E-state index contributed by atoms with van der Waals surface area (Å²) < 4.78 is 9.97. The van der Waals surface area contributed by atoms with E-state index in [9.17, 15) is 5.11 Å². The smallest absolute Gasteiger partial charge is 0.199 e. The predicted octanol–water partition coefficient (Wildman–Crippen LogP) is 3.02. The SMILES string of the molecule is COc1ccc(C(O)c2ccoc2Cl)cc1. The van der Waals surface area contributed by atoms with Gasteiger partial charge in [-0.25, -0.2) is 0 Å². The number of ether oxygens (including phenoxy) is 1. The predicted molar refractivity (Wildman–Crippen MR) is 60.8 cm³/mol. The molecule has 0 aliphatic heterocycles. The third-order valence-electron chi connectivity index (χ3n) is 2.37. The molecule has 0 aliphatic carbocycles. The molecule has 16 heavy (non-hydrogen) atoms. The van der Waals surface area contributed by atoms with Crippen LogP contribution >= 0.6 is 11.6 Å². The fourth-order valence-corrected chi connectivity index (χ4v) is 1.68. The van der Waals surface area contributed by atoms with Crippen molar-refractivity contribution in [3.8, 4) is 5.75 Å². The van der Waals surface area contributed by atoms with Crippen LogP contribution in [0.25, 0.3) is 0 Å². The van der Waals surface area contributed by atoms with E-state index in [0.717, 1.165) is 11.3 Å². The summed E-state index contributed by atoms with van der Waals surface area (Å²) in [5, 5.41) is 10.3. The molecule has 0 bridgehead atoms. The largest absolute Gasteiger partial charge is 0.497 e. The van der Waals surface area contributed by atoms with Crippen molar-refractivity contribution < 1.29 is 14.3 Å². The van der Waals surface area contributed by atoms with Crippen molar-refractivity contribution in [1.82, 2.24) is 0 Å². The highest BCUT2D eigenvalue weighted by Crippen LogP contribution is 2.29. The second-order valence-corrected chi connectivity index (χ2v) is 3.67. The van der Waals surface area contributed by atoms with Gasteiger partial charge in [-0.3, -0.25) is 0 Å². The molecular weight excluding hydrogens is 228 g/mol. The molecule has 0 saturated heterocycles. The van der Waals surface area contributed by atoms with Crippen LogP contribution in [-0.2, 0) is 0 Å². The van der Waals surface area contributed by atoms with E-state index in [-0.39, 0.29) is 5.22 Å². The minimum Gasteiger partial charge on any atom is -0.497 e. The highest BCUT2D eigenvalue weighted by Gasteiger charge is 2.15.